The minimum Gasteiger partial charge on any atom is -0.279 e. The van der Waals surface area contributed by atoms with E-state index in [1.54, 1.807) is 0 Å². The largest absolute Gasteiger partial charge is 0.522 e. The van der Waals surface area contributed by atoms with Gasteiger partial charge in [-0.3, -0.25) is 4.55 Å². The average Bonchev–Trinajstić information content (AvgIpc) is 2.58. The third kappa shape index (κ3) is 7.01. The van der Waals surface area contributed by atoms with Crippen molar-refractivity contribution in [3.8, 4) is 0 Å². The fourth-order valence-corrected chi connectivity index (χ4v) is 3.11. The monoisotopic (exact) mass is 422 g/mol. The van der Waals surface area contributed by atoms with Gasteiger partial charge in [0, 0.05) is 4.90 Å². The maximum atomic E-state index is 10.7. The second-order valence-corrected chi connectivity index (χ2v) is 8.07. The van der Waals surface area contributed by atoms with E-state index in [-0.39, 0.29) is 0 Å². The van der Waals surface area contributed by atoms with E-state index in [1.165, 1.54) is 65.3 Å². The Balaban J connectivity index is 0.000000387. The highest BCUT2D eigenvalue weighted by molar-refractivity contribution is 7.86. The Morgan fingerprint density at radius 2 is 1.56 bits per heavy atom. The van der Waals surface area contributed by atoms with Gasteiger partial charge in [0.15, 0.2) is 0 Å². The van der Waals surface area contributed by atoms with Gasteiger partial charge in [0.25, 0.3) is 0 Å². The number of benzene rings is 2. The van der Waals surface area contributed by atoms with Crippen molar-refractivity contribution in [3.05, 3.63) is 41.5 Å². The molecule has 152 valence electrons. The summed E-state index contributed by atoms with van der Waals surface area (Å²) in [7, 11) is -5.84. The predicted molar refractivity (Wildman–Crippen MR) is 106 cm³/mol. The quantitative estimate of drug-likeness (QED) is 0.331. The van der Waals surface area contributed by atoms with Gasteiger partial charge in [-0.15, -0.1) is 12.6 Å². The Hall–Kier alpha value is -1.25. The van der Waals surface area contributed by atoms with Crippen LogP contribution in [0.1, 0.15) is 50.7 Å². The van der Waals surface area contributed by atoms with Gasteiger partial charge in [0.2, 0.25) is 0 Å². The zero-order valence-electron chi connectivity index (χ0n) is 15.4. The van der Waals surface area contributed by atoms with E-state index in [9.17, 15) is 13.2 Å². The van der Waals surface area contributed by atoms with E-state index >= 15 is 0 Å². The van der Waals surface area contributed by atoms with Crippen LogP contribution in [0.3, 0.4) is 0 Å². The standard InChI is InChI=1S/C18H24S.CHF3O3S/c1-3-5-9-14-13-15-10-7-8-12-17(15)18(19)16(14)11-6-4-2;2-1(3,4)8(5,6)7/h7-8,10,12-13,19H,3-6,9,11H2,1-2H3;(H,5,6,7). The van der Waals surface area contributed by atoms with Crippen LogP contribution in [0.4, 0.5) is 13.2 Å². The van der Waals surface area contributed by atoms with Crippen molar-refractivity contribution in [1.29, 1.82) is 0 Å². The van der Waals surface area contributed by atoms with Crippen LogP contribution in [0.5, 0.6) is 0 Å². The summed E-state index contributed by atoms with van der Waals surface area (Å²) in [5.74, 6) is 0. The molecule has 0 fully saturated rings. The lowest BCUT2D eigenvalue weighted by molar-refractivity contribution is -0.0510. The van der Waals surface area contributed by atoms with Crippen molar-refractivity contribution < 1.29 is 26.1 Å². The third-order valence-electron chi connectivity index (χ3n) is 4.09. The molecular formula is C19H25F3O3S2. The molecule has 8 heteroatoms. The molecule has 0 radical (unpaired) electrons. The summed E-state index contributed by atoms with van der Waals surface area (Å²) in [5.41, 5.74) is -2.54. The highest BCUT2D eigenvalue weighted by Gasteiger charge is 2.44. The van der Waals surface area contributed by atoms with E-state index < -0.39 is 15.6 Å². The van der Waals surface area contributed by atoms with Gasteiger partial charge in [-0.1, -0.05) is 57.0 Å². The molecule has 0 saturated carbocycles. The van der Waals surface area contributed by atoms with Crippen molar-refractivity contribution >= 4 is 33.5 Å². The number of fused-ring (bicyclic) bond motifs is 1. The summed E-state index contributed by atoms with van der Waals surface area (Å²) in [5, 5.41) is 2.64. The van der Waals surface area contributed by atoms with Crippen LogP contribution in [0.2, 0.25) is 0 Å². The molecule has 0 aliphatic carbocycles. The molecular weight excluding hydrogens is 397 g/mol. The fraction of sp³-hybridized carbons (Fsp3) is 0.474. The Bertz CT molecular complexity index is 847. The second-order valence-electron chi connectivity index (χ2n) is 6.21. The predicted octanol–water partition coefficient (Wildman–Crippen LogP) is 6.21. The van der Waals surface area contributed by atoms with Gasteiger partial charge in [-0.05, 0) is 47.6 Å². The Morgan fingerprint density at radius 3 is 2.07 bits per heavy atom. The van der Waals surface area contributed by atoms with E-state index in [1.807, 2.05) is 0 Å². The van der Waals surface area contributed by atoms with E-state index in [0.717, 1.165) is 0 Å². The number of unbranched alkanes of at least 4 members (excludes halogenated alkanes) is 2. The van der Waals surface area contributed by atoms with Crippen molar-refractivity contribution in [3.63, 3.8) is 0 Å². The van der Waals surface area contributed by atoms with Crippen molar-refractivity contribution in [2.24, 2.45) is 0 Å². The van der Waals surface area contributed by atoms with Gasteiger partial charge >= 0.3 is 15.6 Å². The molecule has 0 unspecified atom stereocenters. The molecule has 0 heterocycles. The molecule has 0 amide bonds. The molecule has 27 heavy (non-hydrogen) atoms. The summed E-state index contributed by atoms with van der Waals surface area (Å²) < 4.78 is 57.5. The van der Waals surface area contributed by atoms with Crippen LogP contribution in [-0.4, -0.2) is 18.5 Å². The van der Waals surface area contributed by atoms with E-state index in [0.29, 0.717) is 0 Å². The van der Waals surface area contributed by atoms with Crippen LogP contribution in [-0.2, 0) is 23.0 Å². The minimum absolute atomic E-state index is 1.17. The lowest BCUT2D eigenvalue weighted by atomic mass is 9.94. The number of hydrogen-bond donors (Lipinski definition) is 2. The molecule has 0 saturated heterocycles. The van der Waals surface area contributed by atoms with Crippen LogP contribution in [0.25, 0.3) is 10.8 Å². The number of rotatable bonds is 6. The molecule has 2 aromatic rings. The Morgan fingerprint density at radius 1 is 1.04 bits per heavy atom. The fourth-order valence-electron chi connectivity index (χ4n) is 2.65. The average molecular weight is 423 g/mol. The molecule has 0 atom stereocenters. The first-order valence-electron chi connectivity index (χ1n) is 8.79. The first-order valence-corrected chi connectivity index (χ1v) is 10.7. The first kappa shape index (κ1) is 23.8. The maximum Gasteiger partial charge on any atom is 0.522 e. The number of hydrogen-bond acceptors (Lipinski definition) is 3. The van der Waals surface area contributed by atoms with E-state index in [4.69, 9.17) is 25.6 Å². The lowest BCUT2D eigenvalue weighted by Gasteiger charge is -2.15. The maximum absolute atomic E-state index is 10.7. The van der Waals surface area contributed by atoms with Gasteiger partial charge in [0.05, 0.1) is 0 Å². The molecule has 1 N–H and O–H groups in total. The van der Waals surface area contributed by atoms with Crippen LogP contribution in [0.15, 0.2) is 35.2 Å². The normalized spacial score (nSPS) is 12.0. The highest BCUT2D eigenvalue weighted by Crippen LogP contribution is 2.31. The first-order chi connectivity index (χ1) is 12.5. The summed E-state index contributed by atoms with van der Waals surface area (Å²) in [4.78, 5) is 1.21. The molecule has 2 rings (SSSR count). The van der Waals surface area contributed by atoms with Gasteiger partial charge in [-0.2, -0.15) is 21.6 Å². The van der Waals surface area contributed by atoms with Crippen LogP contribution in [0, 0.1) is 0 Å². The number of alkyl halides is 3. The third-order valence-corrected chi connectivity index (χ3v) is 5.19. The lowest BCUT2D eigenvalue weighted by Crippen LogP contribution is -2.21. The topological polar surface area (TPSA) is 54.4 Å². The number of thiol groups is 1. The summed E-state index contributed by atoms with van der Waals surface area (Å²) in [6.07, 6.45) is 7.37. The Labute approximate surface area is 164 Å². The highest BCUT2D eigenvalue weighted by atomic mass is 32.2. The molecule has 3 nitrogen and oxygen atoms in total. The van der Waals surface area contributed by atoms with Crippen LogP contribution < -0.4 is 0 Å². The van der Waals surface area contributed by atoms with Crippen molar-refractivity contribution in [2.75, 3.05) is 0 Å². The molecule has 0 aliphatic rings. The van der Waals surface area contributed by atoms with Crippen LogP contribution >= 0.6 is 12.6 Å². The van der Waals surface area contributed by atoms with Crippen molar-refractivity contribution in [1.82, 2.24) is 0 Å². The minimum atomic E-state index is -5.84. The summed E-state index contributed by atoms with van der Waals surface area (Å²) >= 11 is 4.83. The molecule has 0 bridgehead atoms. The van der Waals surface area contributed by atoms with Gasteiger partial charge < -0.3 is 0 Å². The molecule has 0 aliphatic heterocycles. The number of aryl methyl sites for hydroxylation is 1. The van der Waals surface area contributed by atoms with E-state index in [2.05, 4.69) is 44.2 Å². The molecule has 0 aromatic heterocycles. The molecule has 0 spiro atoms. The number of halogens is 3. The molecule has 2 aromatic carbocycles. The van der Waals surface area contributed by atoms with Gasteiger partial charge in [-0.25, -0.2) is 0 Å². The SMILES string of the molecule is CCCCc1cc2ccccc2c(S)c1CCCC.O=S(=O)(O)C(F)(F)F. The zero-order chi connectivity index (χ0) is 20.7. The van der Waals surface area contributed by atoms with Gasteiger partial charge in [0.1, 0.15) is 0 Å². The summed E-state index contributed by atoms with van der Waals surface area (Å²) in [6, 6.07) is 11.0. The Kier molecular flexibility index (Phi) is 9.11. The summed E-state index contributed by atoms with van der Waals surface area (Å²) in [6.45, 7) is 4.51. The second kappa shape index (κ2) is 10.3. The van der Waals surface area contributed by atoms with Crippen molar-refractivity contribution in [2.45, 2.75) is 62.8 Å². The zero-order valence-corrected chi connectivity index (χ0v) is 17.1. The smallest absolute Gasteiger partial charge is 0.279 e.